The molecule has 0 atom stereocenters. The molecule has 0 unspecified atom stereocenters. The molecule has 0 spiro atoms. The van der Waals surface area contributed by atoms with Crippen LogP contribution in [0.15, 0.2) is 30.3 Å². The number of hydrogen-bond acceptors (Lipinski definition) is 7. The normalized spacial score (nSPS) is 11.1. The quantitative estimate of drug-likeness (QED) is 0.807. The summed E-state index contributed by atoms with van der Waals surface area (Å²) in [7, 11) is 0. The maximum absolute atomic E-state index is 12.3. The van der Waals surface area contributed by atoms with Gasteiger partial charge in [-0.15, -0.1) is 0 Å². The van der Waals surface area contributed by atoms with E-state index >= 15 is 0 Å². The van der Waals surface area contributed by atoms with Crippen LogP contribution in [0.3, 0.4) is 0 Å². The maximum Gasteiger partial charge on any atom is 0.316 e. The molecule has 0 saturated heterocycles. The molecule has 2 aromatic rings. The zero-order valence-corrected chi connectivity index (χ0v) is 11.9. The summed E-state index contributed by atoms with van der Waals surface area (Å²) in [4.78, 5) is 23.6. The third kappa shape index (κ3) is 3.44. The Morgan fingerprint density at radius 1 is 1.10 bits per heavy atom. The van der Waals surface area contributed by atoms with Crippen LogP contribution < -0.4 is 11.5 Å². The summed E-state index contributed by atoms with van der Waals surface area (Å²) in [6, 6.07) is 9.39. The molecule has 0 fully saturated rings. The molecule has 0 aliphatic carbocycles. The van der Waals surface area contributed by atoms with Gasteiger partial charge in [0.25, 0.3) is 0 Å². The van der Waals surface area contributed by atoms with Gasteiger partial charge >= 0.3 is 5.97 Å². The third-order valence-electron chi connectivity index (χ3n) is 3.05. The van der Waals surface area contributed by atoms with E-state index in [4.69, 9.17) is 16.2 Å². The van der Waals surface area contributed by atoms with Crippen molar-refractivity contribution in [1.29, 1.82) is 0 Å². The average molecular weight is 287 g/mol. The first-order valence-corrected chi connectivity index (χ1v) is 6.38. The van der Waals surface area contributed by atoms with Crippen LogP contribution >= 0.6 is 0 Å². The van der Waals surface area contributed by atoms with Crippen molar-refractivity contribution in [1.82, 2.24) is 15.0 Å². The number of hydrogen-bond donors (Lipinski definition) is 2. The summed E-state index contributed by atoms with van der Waals surface area (Å²) in [6.07, 6.45) is 0. The van der Waals surface area contributed by atoms with Crippen molar-refractivity contribution in [3.8, 4) is 0 Å². The Bertz CT molecular complexity index is 623. The van der Waals surface area contributed by atoms with Gasteiger partial charge in [-0.1, -0.05) is 30.3 Å². The van der Waals surface area contributed by atoms with E-state index in [-0.39, 0.29) is 30.3 Å². The molecule has 0 aliphatic rings. The van der Waals surface area contributed by atoms with Crippen molar-refractivity contribution in [2.75, 3.05) is 11.5 Å². The van der Waals surface area contributed by atoms with Crippen molar-refractivity contribution in [3.05, 3.63) is 41.7 Å². The van der Waals surface area contributed by atoms with Crippen LogP contribution in [0.4, 0.5) is 11.9 Å². The number of carbonyl (C=O) groups excluding carboxylic acids is 1. The fourth-order valence-corrected chi connectivity index (χ4v) is 1.80. The van der Waals surface area contributed by atoms with Gasteiger partial charge in [0.15, 0.2) is 12.4 Å². The second-order valence-electron chi connectivity index (χ2n) is 5.04. The molecule has 1 heterocycles. The molecule has 7 nitrogen and oxygen atoms in total. The van der Waals surface area contributed by atoms with Gasteiger partial charge in [0.1, 0.15) is 0 Å². The average Bonchev–Trinajstić information content (AvgIpc) is 2.44. The zero-order valence-electron chi connectivity index (χ0n) is 11.9. The molecule has 2 rings (SSSR count). The Morgan fingerprint density at radius 3 is 2.24 bits per heavy atom. The van der Waals surface area contributed by atoms with Crippen molar-refractivity contribution >= 4 is 17.9 Å². The Kier molecular flexibility index (Phi) is 4.02. The summed E-state index contributed by atoms with van der Waals surface area (Å²) >= 11 is 0. The summed E-state index contributed by atoms with van der Waals surface area (Å²) in [5.41, 5.74) is 11.0. The highest BCUT2D eigenvalue weighted by Gasteiger charge is 2.31. The van der Waals surface area contributed by atoms with Crippen LogP contribution in [-0.2, 0) is 21.6 Å². The van der Waals surface area contributed by atoms with Crippen molar-refractivity contribution in [2.45, 2.75) is 25.9 Å². The SMILES string of the molecule is CC(C)(C(=O)OCc1nc(N)nc(N)n1)c1ccccc1. The number of nitrogens with zero attached hydrogens (tertiary/aromatic N) is 3. The lowest BCUT2D eigenvalue weighted by molar-refractivity contribution is -0.151. The first kappa shape index (κ1) is 14.7. The molecule has 0 aliphatic heterocycles. The van der Waals surface area contributed by atoms with Crippen molar-refractivity contribution in [3.63, 3.8) is 0 Å². The topological polar surface area (TPSA) is 117 Å². The van der Waals surface area contributed by atoms with Crippen LogP contribution in [-0.4, -0.2) is 20.9 Å². The van der Waals surface area contributed by atoms with E-state index in [0.29, 0.717) is 0 Å². The molecule has 1 aromatic heterocycles. The van der Waals surface area contributed by atoms with Gasteiger partial charge in [-0.05, 0) is 19.4 Å². The summed E-state index contributed by atoms with van der Waals surface area (Å²) in [5, 5.41) is 0. The van der Waals surface area contributed by atoms with Crippen LogP contribution in [0, 0.1) is 0 Å². The molecule has 0 saturated carbocycles. The van der Waals surface area contributed by atoms with Gasteiger partial charge in [-0.3, -0.25) is 4.79 Å². The van der Waals surface area contributed by atoms with Crippen LogP contribution in [0.2, 0.25) is 0 Å². The highest BCUT2D eigenvalue weighted by atomic mass is 16.5. The number of ether oxygens (including phenoxy) is 1. The number of esters is 1. The van der Waals surface area contributed by atoms with Gasteiger partial charge in [-0.25, -0.2) is 0 Å². The summed E-state index contributed by atoms with van der Waals surface area (Å²) in [5.74, 6) is -0.171. The lowest BCUT2D eigenvalue weighted by Gasteiger charge is -2.22. The predicted molar refractivity (Wildman–Crippen MR) is 77.9 cm³/mol. The molecule has 0 amide bonds. The highest BCUT2D eigenvalue weighted by molar-refractivity contribution is 5.82. The molecular formula is C14H17N5O2. The highest BCUT2D eigenvalue weighted by Crippen LogP contribution is 2.24. The monoisotopic (exact) mass is 287 g/mol. The Hall–Kier alpha value is -2.70. The number of nitrogens with two attached hydrogens (primary N) is 2. The number of aromatic nitrogens is 3. The number of carbonyl (C=O) groups is 1. The first-order chi connectivity index (χ1) is 9.89. The Balaban J connectivity index is 2.07. The third-order valence-corrected chi connectivity index (χ3v) is 3.05. The largest absolute Gasteiger partial charge is 0.457 e. The lowest BCUT2D eigenvalue weighted by atomic mass is 9.85. The van der Waals surface area contributed by atoms with Gasteiger partial charge < -0.3 is 16.2 Å². The smallest absolute Gasteiger partial charge is 0.316 e. The molecule has 0 bridgehead atoms. The summed E-state index contributed by atoms with van der Waals surface area (Å²) in [6.45, 7) is 3.48. The number of anilines is 2. The first-order valence-electron chi connectivity index (χ1n) is 6.38. The molecule has 7 heteroatoms. The van der Waals surface area contributed by atoms with E-state index in [1.54, 1.807) is 13.8 Å². The fourth-order valence-electron chi connectivity index (χ4n) is 1.80. The molecule has 1 aromatic carbocycles. The standard InChI is InChI=1S/C14H17N5O2/c1-14(2,9-6-4-3-5-7-9)11(20)21-8-10-17-12(15)19-13(16)18-10/h3-7H,8H2,1-2H3,(H4,15,16,17,18,19). The second kappa shape index (κ2) is 5.74. The molecular weight excluding hydrogens is 270 g/mol. The van der Waals surface area contributed by atoms with Gasteiger partial charge in [0.05, 0.1) is 5.41 Å². The minimum Gasteiger partial charge on any atom is -0.457 e. The number of rotatable bonds is 4. The second-order valence-corrected chi connectivity index (χ2v) is 5.04. The Morgan fingerprint density at radius 2 is 1.67 bits per heavy atom. The van der Waals surface area contributed by atoms with E-state index in [9.17, 15) is 4.79 Å². The minimum absolute atomic E-state index is 0.00383. The molecule has 110 valence electrons. The fraction of sp³-hybridized carbons (Fsp3) is 0.286. The molecule has 4 N–H and O–H groups in total. The zero-order chi connectivity index (χ0) is 15.5. The molecule has 0 radical (unpaired) electrons. The van der Waals surface area contributed by atoms with Gasteiger partial charge in [-0.2, -0.15) is 15.0 Å². The van der Waals surface area contributed by atoms with E-state index in [1.165, 1.54) is 0 Å². The lowest BCUT2D eigenvalue weighted by Crippen LogP contribution is -2.31. The maximum atomic E-state index is 12.3. The van der Waals surface area contributed by atoms with E-state index in [1.807, 2.05) is 30.3 Å². The van der Waals surface area contributed by atoms with Crippen LogP contribution in [0.5, 0.6) is 0 Å². The van der Waals surface area contributed by atoms with E-state index in [0.717, 1.165) is 5.56 Å². The van der Waals surface area contributed by atoms with Crippen molar-refractivity contribution < 1.29 is 9.53 Å². The van der Waals surface area contributed by atoms with Crippen LogP contribution in [0.1, 0.15) is 25.2 Å². The summed E-state index contributed by atoms with van der Waals surface area (Å²) < 4.78 is 5.25. The Labute approximate surface area is 122 Å². The van der Waals surface area contributed by atoms with E-state index < -0.39 is 5.41 Å². The number of benzene rings is 1. The van der Waals surface area contributed by atoms with Gasteiger partial charge in [0, 0.05) is 0 Å². The van der Waals surface area contributed by atoms with Gasteiger partial charge in [0.2, 0.25) is 11.9 Å². The predicted octanol–water partition coefficient (Wildman–Crippen LogP) is 1.06. The molecule has 21 heavy (non-hydrogen) atoms. The van der Waals surface area contributed by atoms with Crippen LogP contribution in [0.25, 0.3) is 0 Å². The van der Waals surface area contributed by atoms with E-state index in [2.05, 4.69) is 15.0 Å². The van der Waals surface area contributed by atoms with Crippen molar-refractivity contribution in [2.24, 2.45) is 0 Å². The number of nitrogen functional groups attached to an aromatic ring is 2. The minimum atomic E-state index is -0.772.